The van der Waals surface area contributed by atoms with Gasteiger partial charge in [0.2, 0.25) is 5.91 Å². The minimum atomic E-state index is -0.512. The normalized spacial score (nSPS) is 19.8. The molecule has 4 heteroatoms. The van der Waals surface area contributed by atoms with Crippen LogP contribution in [0, 0.1) is 0 Å². The largest absolute Gasteiger partial charge is 0.320 e. The molecule has 0 saturated heterocycles. The molecular weight excluding hydrogens is 216 g/mol. The molecule has 0 spiro atoms. The number of rotatable bonds is 2. The molecule has 1 aliphatic rings. The average Bonchev–Trinajstić information content (AvgIpc) is 2.42. The van der Waals surface area contributed by atoms with Crippen LogP contribution in [0.25, 0.3) is 0 Å². The van der Waals surface area contributed by atoms with Crippen molar-refractivity contribution in [2.75, 3.05) is 11.4 Å². The Hall–Kier alpha value is -1.68. The van der Waals surface area contributed by atoms with Crippen LogP contribution >= 0.6 is 0 Å². The van der Waals surface area contributed by atoms with Gasteiger partial charge in [-0.3, -0.25) is 9.59 Å². The Morgan fingerprint density at radius 2 is 2.18 bits per heavy atom. The summed E-state index contributed by atoms with van der Waals surface area (Å²) in [6.45, 7) is 1.58. The monoisotopic (exact) mass is 232 g/mol. The smallest absolute Gasteiger partial charge is 0.244 e. The first-order chi connectivity index (χ1) is 8.09. The molecule has 17 heavy (non-hydrogen) atoms. The number of anilines is 1. The molecule has 1 aromatic carbocycles. The molecule has 0 saturated carbocycles. The summed E-state index contributed by atoms with van der Waals surface area (Å²) < 4.78 is 0. The van der Waals surface area contributed by atoms with Gasteiger partial charge in [-0.25, -0.2) is 0 Å². The van der Waals surface area contributed by atoms with E-state index in [1.165, 1.54) is 11.8 Å². The van der Waals surface area contributed by atoms with E-state index >= 15 is 0 Å². The van der Waals surface area contributed by atoms with Crippen LogP contribution in [0.2, 0.25) is 0 Å². The highest BCUT2D eigenvalue weighted by Gasteiger charge is 2.28. The summed E-state index contributed by atoms with van der Waals surface area (Å²) in [7, 11) is 0. The number of amides is 1. The Morgan fingerprint density at radius 1 is 1.47 bits per heavy atom. The predicted molar refractivity (Wildman–Crippen MR) is 65.8 cm³/mol. The number of carbonyl (C=O) groups is 2. The first kappa shape index (κ1) is 11.8. The number of nitrogens with two attached hydrogens (primary N) is 1. The van der Waals surface area contributed by atoms with Crippen molar-refractivity contribution in [1.29, 1.82) is 0 Å². The van der Waals surface area contributed by atoms with E-state index in [2.05, 4.69) is 0 Å². The highest BCUT2D eigenvalue weighted by molar-refractivity contribution is 6.02. The van der Waals surface area contributed by atoms with Crippen LogP contribution in [-0.4, -0.2) is 24.3 Å². The highest BCUT2D eigenvalue weighted by atomic mass is 16.2. The molecule has 0 radical (unpaired) electrons. The third-order valence-electron chi connectivity index (χ3n) is 2.97. The molecule has 0 bridgehead atoms. The highest BCUT2D eigenvalue weighted by Crippen LogP contribution is 2.26. The fourth-order valence-electron chi connectivity index (χ4n) is 2.12. The molecule has 1 aromatic rings. The zero-order chi connectivity index (χ0) is 12.4. The molecular formula is C13H16N2O2. The lowest BCUT2D eigenvalue weighted by Crippen LogP contribution is -2.44. The Kier molecular flexibility index (Phi) is 3.24. The number of para-hydroxylation sites is 1. The summed E-state index contributed by atoms with van der Waals surface area (Å²) >= 11 is 0. The Balaban J connectivity index is 2.43. The molecule has 0 fully saturated rings. The van der Waals surface area contributed by atoms with Crippen molar-refractivity contribution in [3.05, 3.63) is 29.8 Å². The van der Waals surface area contributed by atoms with Crippen LogP contribution in [-0.2, 0) is 16.0 Å². The van der Waals surface area contributed by atoms with Crippen LogP contribution in [0.3, 0.4) is 0 Å². The van der Waals surface area contributed by atoms with E-state index in [0.29, 0.717) is 6.42 Å². The zero-order valence-corrected chi connectivity index (χ0v) is 9.85. The van der Waals surface area contributed by atoms with Crippen molar-refractivity contribution in [2.24, 2.45) is 5.73 Å². The molecule has 0 aliphatic carbocycles. The Bertz CT molecular complexity index is 456. The van der Waals surface area contributed by atoms with Crippen LogP contribution in [0.4, 0.5) is 5.69 Å². The number of Topliss-reactive ketones (excluding diaryl/α,β-unsaturated/α-hetero) is 1. The van der Waals surface area contributed by atoms with Crippen LogP contribution in [0.5, 0.6) is 0 Å². The summed E-state index contributed by atoms with van der Waals surface area (Å²) in [6, 6.07) is 7.14. The van der Waals surface area contributed by atoms with Crippen molar-refractivity contribution in [1.82, 2.24) is 0 Å². The quantitative estimate of drug-likeness (QED) is 0.823. The van der Waals surface area contributed by atoms with E-state index in [4.69, 9.17) is 5.73 Å². The van der Waals surface area contributed by atoms with Gasteiger partial charge in [0, 0.05) is 5.69 Å². The molecule has 1 amide bonds. The molecule has 0 aromatic heterocycles. The fraction of sp³-hybridized carbons (Fsp3) is 0.385. The maximum absolute atomic E-state index is 12.1. The number of nitrogens with zero attached hydrogens (tertiary/aromatic N) is 1. The van der Waals surface area contributed by atoms with Gasteiger partial charge in [-0.2, -0.15) is 0 Å². The molecule has 2 N–H and O–H groups in total. The van der Waals surface area contributed by atoms with Crippen LogP contribution in [0.1, 0.15) is 18.9 Å². The van der Waals surface area contributed by atoms with Crippen LogP contribution < -0.4 is 10.6 Å². The van der Waals surface area contributed by atoms with Gasteiger partial charge in [0.05, 0.1) is 12.6 Å². The fourth-order valence-corrected chi connectivity index (χ4v) is 2.12. The molecule has 1 aliphatic heterocycles. The average molecular weight is 232 g/mol. The lowest BCUT2D eigenvalue weighted by molar-refractivity contribution is -0.122. The lowest BCUT2D eigenvalue weighted by Gasteiger charge is -2.23. The summed E-state index contributed by atoms with van der Waals surface area (Å²) in [5, 5.41) is 0. The topological polar surface area (TPSA) is 63.4 Å². The van der Waals surface area contributed by atoms with E-state index in [0.717, 1.165) is 17.7 Å². The number of hydrogen-bond acceptors (Lipinski definition) is 3. The van der Waals surface area contributed by atoms with Crippen molar-refractivity contribution in [3.63, 3.8) is 0 Å². The second kappa shape index (κ2) is 4.67. The van der Waals surface area contributed by atoms with Gasteiger partial charge in [0.25, 0.3) is 0 Å². The lowest BCUT2D eigenvalue weighted by atomic mass is 10.1. The number of aryl methyl sites for hydroxylation is 1. The second-order valence-corrected chi connectivity index (χ2v) is 4.40. The minimum Gasteiger partial charge on any atom is -0.320 e. The van der Waals surface area contributed by atoms with Crippen molar-refractivity contribution >= 4 is 17.4 Å². The van der Waals surface area contributed by atoms with E-state index < -0.39 is 6.04 Å². The SMILES string of the molecule is CC(=O)CN1C(=O)[C@@H](N)CCc2ccccc21. The molecule has 2 rings (SSSR count). The van der Waals surface area contributed by atoms with E-state index in [1.807, 2.05) is 24.3 Å². The number of hydrogen-bond donors (Lipinski definition) is 1. The minimum absolute atomic E-state index is 0.0396. The van der Waals surface area contributed by atoms with Crippen molar-refractivity contribution in [3.8, 4) is 0 Å². The Labute approximate surface area is 100 Å². The number of benzene rings is 1. The maximum Gasteiger partial charge on any atom is 0.244 e. The van der Waals surface area contributed by atoms with Gasteiger partial charge in [-0.15, -0.1) is 0 Å². The summed E-state index contributed by atoms with van der Waals surface area (Å²) in [5.41, 5.74) is 7.72. The van der Waals surface area contributed by atoms with Crippen molar-refractivity contribution in [2.45, 2.75) is 25.8 Å². The van der Waals surface area contributed by atoms with Gasteiger partial charge in [0.15, 0.2) is 0 Å². The molecule has 90 valence electrons. The zero-order valence-electron chi connectivity index (χ0n) is 9.85. The molecule has 1 heterocycles. The molecule has 0 unspecified atom stereocenters. The van der Waals surface area contributed by atoms with Gasteiger partial charge in [-0.05, 0) is 31.4 Å². The van der Waals surface area contributed by atoms with E-state index in [9.17, 15) is 9.59 Å². The Morgan fingerprint density at radius 3 is 2.88 bits per heavy atom. The van der Waals surface area contributed by atoms with Gasteiger partial charge >= 0.3 is 0 Å². The maximum atomic E-state index is 12.1. The predicted octanol–water partition coefficient (Wildman–Crippen LogP) is 0.882. The van der Waals surface area contributed by atoms with Gasteiger partial charge in [-0.1, -0.05) is 18.2 Å². The third-order valence-corrected chi connectivity index (χ3v) is 2.97. The van der Waals surface area contributed by atoms with Gasteiger partial charge in [0.1, 0.15) is 5.78 Å². The molecule has 4 nitrogen and oxygen atoms in total. The van der Waals surface area contributed by atoms with E-state index in [-0.39, 0.29) is 18.2 Å². The third kappa shape index (κ3) is 2.36. The van der Waals surface area contributed by atoms with Crippen LogP contribution in [0.15, 0.2) is 24.3 Å². The first-order valence-corrected chi connectivity index (χ1v) is 5.74. The summed E-state index contributed by atoms with van der Waals surface area (Å²) in [6.07, 6.45) is 1.40. The second-order valence-electron chi connectivity index (χ2n) is 4.40. The van der Waals surface area contributed by atoms with E-state index in [1.54, 1.807) is 0 Å². The number of fused-ring (bicyclic) bond motifs is 1. The first-order valence-electron chi connectivity index (χ1n) is 5.74. The summed E-state index contributed by atoms with van der Waals surface area (Å²) in [4.78, 5) is 24.9. The molecule has 1 atom stereocenters. The van der Waals surface area contributed by atoms with Crippen molar-refractivity contribution < 1.29 is 9.59 Å². The number of carbonyl (C=O) groups excluding carboxylic acids is 2. The van der Waals surface area contributed by atoms with Gasteiger partial charge < -0.3 is 10.6 Å². The summed E-state index contributed by atoms with van der Waals surface area (Å²) in [5.74, 6) is -0.201. The number of ketones is 1. The standard InChI is InChI=1S/C13H16N2O2/c1-9(16)8-15-12-5-3-2-4-10(12)6-7-11(14)13(15)17/h2-5,11H,6-8,14H2,1H3/t11-/m0/s1.